The lowest BCUT2D eigenvalue weighted by atomic mass is 10.1. The molecular weight excluding hydrogens is 268 g/mol. The van der Waals surface area contributed by atoms with Gasteiger partial charge >= 0.3 is 0 Å². The SMILES string of the molecule is Cc1nn(C)cc1C(C)NS(=O)(=O)N1CCOCC1. The molecule has 1 aliphatic rings. The molecule has 1 unspecified atom stereocenters. The van der Waals surface area contributed by atoms with Crippen molar-refractivity contribution in [2.24, 2.45) is 7.05 Å². The topological polar surface area (TPSA) is 76.5 Å². The molecule has 7 nitrogen and oxygen atoms in total. The van der Waals surface area contributed by atoms with Gasteiger partial charge in [0.25, 0.3) is 10.2 Å². The summed E-state index contributed by atoms with van der Waals surface area (Å²) in [6, 6.07) is -0.304. The third-order valence-corrected chi connectivity index (χ3v) is 4.85. The maximum absolute atomic E-state index is 12.2. The number of hydrogen-bond donors (Lipinski definition) is 1. The van der Waals surface area contributed by atoms with Crippen LogP contribution < -0.4 is 4.72 Å². The van der Waals surface area contributed by atoms with Crippen LogP contribution in [0.4, 0.5) is 0 Å². The molecule has 0 saturated carbocycles. The zero-order valence-electron chi connectivity index (χ0n) is 11.5. The number of morpholine rings is 1. The molecule has 1 aromatic heterocycles. The largest absolute Gasteiger partial charge is 0.379 e. The number of rotatable bonds is 4. The zero-order valence-corrected chi connectivity index (χ0v) is 12.3. The molecule has 108 valence electrons. The Labute approximate surface area is 113 Å². The predicted molar refractivity (Wildman–Crippen MR) is 70.8 cm³/mol. The summed E-state index contributed by atoms with van der Waals surface area (Å²) in [5, 5.41) is 4.22. The van der Waals surface area contributed by atoms with Crippen molar-refractivity contribution >= 4 is 10.2 Å². The molecule has 0 amide bonds. The standard InChI is InChI=1S/C11H20N4O3S/c1-9-11(8-14(3)12-9)10(2)13-19(16,17)15-4-6-18-7-5-15/h8,10,13H,4-7H2,1-3H3. The van der Waals surface area contributed by atoms with Crippen molar-refractivity contribution in [2.75, 3.05) is 26.3 Å². The number of nitrogens with one attached hydrogen (secondary N) is 1. The molecule has 0 spiro atoms. The van der Waals surface area contributed by atoms with Crippen LogP contribution in [0.5, 0.6) is 0 Å². The molecule has 2 heterocycles. The molecular formula is C11H20N4O3S. The quantitative estimate of drug-likeness (QED) is 0.843. The fourth-order valence-electron chi connectivity index (χ4n) is 2.19. The number of hydrogen-bond acceptors (Lipinski definition) is 4. The summed E-state index contributed by atoms with van der Waals surface area (Å²) < 4.78 is 35.4. The Morgan fingerprint density at radius 1 is 1.42 bits per heavy atom. The Morgan fingerprint density at radius 3 is 2.58 bits per heavy atom. The highest BCUT2D eigenvalue weighted by atomic mass is 32.2. The fraction of sp³-hybridized carbons (Fsp3) is 0.727. The van der Waals surface area contributed by atoms with Crippen molar-refractivity contribution in [3.05, 3.63) is 17.5 Å². The number of aryl methyl sites for hydroxylation is 2. The Hall–Kier alpha value is -0.960. The molecule has 2 rings (SSSR count). The van der Waals surface area contributed by atoms with Gasteiger partial charge in [-0.1, -0.05) is 0 Å². The summed E-state index contributed by atoms with van der Waals surface area (Å²) in [6.07, 6.45) is 1.84. The van der Waals surface area contributed by atoms with Gasteiger partial charge in [-0.25, -0.2) is 0 Å². The van der Waals surface area contributed by atoms with E-state index in [0.717, 1.165) is 11.3 Å². The van der Waals surface area contributed by atoms with E-state index in [-0.39, 0.29) is 6.04 Å². The minimum absolute atomic E-state index is 0.304. The van der Waals surface area contributed by atoms with E-state index >= 15 is 0 Å². The van der Waals surface area contributed by atoms with E-state index in [1.165, 1.54) is 4.31 Å². The Balaban J connectivity index is 2.09. The first-order valence-corrected chi connectivity index (χ1v) is 7.69. The highest BCUT2D eigenvalue weighted by Crippen LogP contribution is 2.17. The molecule has 0 aliphatic carbocycles. The maximum atomic E-state index is 12.2. The van der Waals surface area contributed by atoms with Gasteiger partial charge in [0, 0.05) is 37.9 Å². The van der Waals surface area contributed by atoms with Crippen LogP contribution in [0.15, 0.2) is 6.20 Å². The zero-order chi connectivity index (χ0) is 14.0. The van der Waals surface area contributed by atoms with Gasteiger partial charge in [-0.2, -0.15) is 22.5 Å². The average Bonchev–Trinajstić information content (AvgIpc) is 2.69. The van der Waals surface area contributed by atoms with Crippen molar-refractivity contribution in [2.45, 2.75) is 19.9 Å². The van der Waals surface area contributed by atoms with Crippen LogP contribution in [0.25, 0.3) is 0 Å². The number of aromatic nitrogens is 2. The normalized spacial score (nSPS) is 19.5. The number of nitrogens with zero attached hydrogens (tertiary/aromatic N) is 3. The molecule has 0 radical (unpaired) electrons. The summed E-state index contributed by atoms with van der Waals surface area (Å²) in [5.41, 5.74) is 1.72. The summed E-state index contributed by atoms with van der Waals surface area (Å²) in [5.74, 6) is 0. The van der Waals surface area contributed by atoms with Gasteiger partial charge in [0.1, 0.15) is 0 Å². The Morgan fingerprint density at radius 2 is 2.05 bits per heavy atom. The first-order valence-electron chi connectivity index (χ1n) is 6.25. The maximum Gasteiger partial charge on any atom is 0.280 e. The molecule has 1 fully saturated rings. The van der Waals surface area contributed by atoms with Crippen LogP contribution in [0.2, 0.25) is 0 Å². The van der Waals surface area contributed by atoms with Gasteiger partial charge in [0.15, 0.2) is 0 Å². The minimum Gasteiger partial charge on any atom is -0.379 e. The molecule has 1 aromatic rings. The summed E-state index contributed by atoms with van der Waals surface area (Å²) in [6.45, 7) is 5.38. The van der Waals surface area contributed by atoms with E-state index in [1.807, 2.05) is 27.1 Å². The van der Waals surface area contributed by atoms with Crippen LogP contribution in [0.3, 0.4) is 0 Å². The van der Waals surface area contributed by atoms with Gasteiger partial charge in [0.2, 0.25) is 0 Å². The van der Waals surface area contributed by atoms with Crippen molar-refractivity contribution < 1.29 is 13.2 Å². The summed E-state index contributed by atoms with van der Waals surface area (Å²) in [7, 11) is -1.65. The predicted octanol–water partition coefficient (Wildman–Crippen LogP) is -0.0439. The van der Waals surface area contributed by atoms with Crippen LogP contribution >= 0.6 is 0 Å². The van der Waals surface area contributed by atoms with Crippen molar-refractivity contribution in [1.29, 1.82) is 0 Å². The molecule has 1 atom stereocenters. The molecule has 1 N–H and O–H groups in total. The van der Waals surface area contributed by atoms with E-state index in [1.54, 1.807) is 4.68 Å². The highest BCUT2D eigenvalue weighted by Gasteiger charge is 2.27. The third kappa shape index (κ3) is 3.33. The van der Waals surface area contributed by atoms with Crippen LogP contribution in [0.1, 0.15) is 24.2 Å². The first-order chi connectivity index (χ1) is 8.90. The molecule has 0 bridgehead atoms. The van der Waals surface area contributed by atoms with Gasteiger partial charge in [0.05, 0.1) is 18.9 Å². The lowest BCUT2D eigenvalue weighted by Crippen LogP contribution is -2.47. The molecule has 8 heteroatoms. The van der Waals surface area contributed by atoms with Crippen molar-refractivity contribution in [3.8, 4) is 0 Å². The van der Waals surface area contributed by atoms with Gasteiger partial charge in [-0.05, 0) is 13.8 Å². The monoisotopic (exact) mass is 288 g/mol. The van der Waals surface area contributed by atoms with Crippen LogP contribution in [0, 0.1) is 6.92 Å². The van der Waals surface area contributed by atoms with Crippen LogP contribution in [-0.4, -0.2) is 48.8 Å². The van der Waals surface area contributed by atoms with Gasteiger partial charge in [-0.15, -0.1) is 0 Å². The van der Waals surface area contributed by atoms with Crippen molar-refractivity contribution in [3.63, 3.8) is 0 Å². The van der Waals surface area contributed by atoms with Gasteiger partial charge < -0.3 is 4.74 Å². The molecule has 0 aromatic carbocycles. The van der Waals surface area contributed by atoms with Gasteiger partial charge in [-0.3, -0.25) is 4.68 Å². The first kappa shape index (κ1) is 14.4. The van der Waals surface area contributed by atoms with E-state index in [2.05, 4.69) is 9.82 Å². The second-order valence-corrected chi connectivity index (χ2v) is 6.40. The van der Waals surface area contributed by atoms with E-state index in [4.69, 9.17) is 4.74 Å². The lowest BCUT2D eigenvalue weighted by molar-refractivity contribution is 0.0723. The molecule has 1 aliphatic heterocycles. The second-order valence-electron chi connectivity index (χ2n) is 4.70. The van der Waals surface area contributed by atoms with Crippen molar-refractivity contribution in [1.82, 2.24) is 18.8 Å². The van der Waals surface area contributed by atoms with E-state index < -0.39 is 10.2 Å². The van der Waals surface area contributed by atoms with E-state index in [0.29, 0.717) is 26.3 Å². The average molecular weight is 288 g/mol. The van der Waals surface area contributed by atoms with E-state index in [9.17, 15) is 8.42 Å². The summed E-state index contributed by atoms with van der Waals surface area (Å²) in [4.78, 5) is 0. The highest BCUT2D eigenvalue weighted by molar-refractivity contribution is 7.87. The second kappa shape index (κ2) is 5.58. The van der Waals surface area contributed by atoms with Crippen LogP contribution in [-0.2, 0) is 22.0 Å². The Kier molecular flexibility index (Phi) is 4.24. The minimum atomic E-state index is -3.47. The summed E-state index contributed by atoms with van der Waals surface area (Å²) >= 11 is 0. The third-order valence-electron chi connectivity index (χ3n) is 3.15. The number of ether oxygens (including phenoxy) is 1. The Bertz CT molecular complexity index is 534. The lowest BCUT2D eigenvalue weighted by Gasteiger charge is -2.27. The smallest absolute Gasteiger partial charge is 0.280 e. The molecule has 19 heavy (non-hydrogen) atoms. The molecule has 1 saturated heterocycles. The fourth-order valence-corrected chi connectivity index (χ4v) is 3.54.